The molecule has 0 radical (unpaired) electrons. The number of rotatable bonds is 7. The lowest BCUT2D eigenvalue weighted by Crippen LogP contribution is -2.05. The lowest BCUT2D eigenvalue weighted by molar-refractivity contribution is 0.102. The van der Waals surface area contributed by atoms with Gasteiger partial charge in [0, 0.05) is 23.3 Å². The maximum Gasteiger partial charge on any atom is 0.192 e. The van der Waals surface area contributed by atoms with Crippen molar-refractivity contribution in [3.63, 3.8) is 0 Å². The maximum absolute atomic E-state index is 12.3. The number of pyridine rings is 1. The molecule has 0 aliphatic heterocycles. The van der Waals surface area contributed by atoms with Crippen molar-refractivity contribution < 1.29 is 4.79 Å². The summed E-state index contributed by atoms with van der Waals surface area (Å²) in [4.78, 5) is 16.6. The Morgan fingerprint density at radius 3 is 2.68 bits per heavy atom. The predicted molar refractivity (Wildman–Crippen MR) is 100.0 cm³/mol. The van der Waals surface area contributed by atoms with E-state index in [1.54, 1.807) is 36.5 Å². The highest BCUT2D eigenvalue weighted by atomic mass is 35.5. The molecular formula is C18H15ClN4OS. The van der Waals surface area contributed by atoms with Crippen LogP contribution in [-0.2, 0) is 6.54 Å². The number of carbonyl (C=O) groups excluding carboxylic acids is 1. The van der Waals surface area contributed by atoms with Gasteiger partial charge in [0.05, 0.1) is 5.75 Å². The maximum atomic E-state index is 12.3. The van der Waals surface area contributed by atoms with E-state index in [4.69, 9.17) is 11.6 Å². The van der Waals surface area contributed by atoms with Gasteiger partial charge in [0.25, 0.3) is 0 Å². The molecule has 5 nitrogen and oxygen atoms in total. The second-order valence-corrected chi connectivity index (χ2v) is 6.52. The van der Waals surface area contributed by atoms with Crippen molar-refractivity contribution >= 4 is 29.1 Å². The molecule has 2 aromatic heterocycles. The van der Waals surface area contributed by atoms with Crippen LogP contribution in [0, 0.1) is 0 Å². The van der Waals surface area contributed by atoms with Crippen LogP contribution < -0.4 is 0 Å². The minimum atomic E-state index is 0.00852. The van der Waals surface area contributed by atoms with Gasteiger partial charge in [-0.25, -0.2) is 0 Å². The number of halogens is 1. The third-order valence-electron chi connectivity index (χ3n) is 3.42. The molecule has 7 heteroatoms. The topological polar surface area (TPSA) is 60.7 Å². The van der Waals surface area contributed by atoms with Gasteiger partial charge in [-0.1, -0.05) is 35.5 Å². The van der Waals surface area contributed by atoms with Crippen LogP contribution in [-0.4, -0.2) is 31.3 Å². The summed E-state index contributed by atoms with van der Waals surface area (Å²) in [6, 6.07) is 12.5. The molecule has 0 spiro atoms. The van der Waals surface area contributed by atoms with E-state index in [1.165, 1.54) is 11.8 Å². The molecular weight excluding hydrogens is 356 g/mol. The van der Waals surface area contributed by atoms with Gasteiger partial charge in [0.2, 0.25) is 0 Å². The van der Waals surface area contributed by atoms with Crippen LogP contribution >= 0.6 is 23.4 Å². The van der Waals surface area contributed by atoms with Crippen LogP contribution in [0.25, 0.3) is 11.5 Å². The van der Waals surface area contributed by atoms with E-state index >= 15 is 0 Å². The van der Waals surface area contributed by atoms with Crippen LogP contribution in [0.2, 0.25) is 5.02 Å². The van der Waals surface area contributed by atoms with Crippen LogP contribution in [0.1, 0.15) is 10.4 Å². The summed E-state index contributed by atoms with van der Waals surface area (Å²) >= 11 is 7.19. The van der Waals surface area contributed by atoms with E-state index in [0.29, 0.717) is 28.1 Å². The number of ketones is 1. The van der Waals surface area contributed by atoms with Crippen LogP contribution in [0.5, 0.6) is 0 Å². The summed E-state index contributed by atoms with van der Waals surface area (Å²) in [6.07, 6.45) is 3.47. The lowest BCUT2D eigenvalue weighted by atomic mass is 10.1. The molecule has 0 atom stereocenters. The number of aromatic nitrogens is 4. The van der Waals surface area contributed by atoms with Crippen molar-refractivity contribution in [3.8, 4) is 11.5 Å². The van der Waals surface area contributed by atoms with Crippen LogP contribution in [0.4, 0.5) is 0 Å². The first kappa shape index (κ1) is 17.4. The summed E-state index contributed by atoms with van der Waals surface area (Å²) in [5.74, 6) is 0.926. The third-order valence-corrected chi connectivity index (χ3v) is 4.64. The monoisotopic (exact) mass is 370 g/mol. The molecule has 0 saturated carbocycles. The molecule has 1 aromatic carbocycles. The molecule has 0 N–H and O–H groups in total. The minimum absolute atomic E-state index is 0.00852. The zero-order valence-corrected chi connectivity index (χ0v) is 14.9. The zero-order chi connectivity index (χ0) is 17.6. The third kappa shape index (κ3) is 4.15. The highest BCUT2D eigenvalue weighted by Crippen LogP contribution is 2.23. The Kier molecular flexibility index (Phi) is 5.63. The van der Waals surface area contributed by atoms with Gasteiger partial charge in [0.15, 0.2) is 16.8 Å². The van der Waals surface area contributed by atoms with Crippen molar-refractivity contribution in [2.24, 2.45) is 0 Å². The van der Waals surface area contributed by atoms with Crippen molar-refractivity contribution in [1.29, 1.82) is 0 Å². The van der Waals surface area contributed by atoms with E-state index in [0.717, 1.165) is 5.69 Å². The molecule has 3 aromatic rings. The smallest absolute Gasteiger partial charge is 0.192 e. The van der Waals surface area contributed by atoms with Gasteiger partial charge in [-0.15, -0.1) is 16.8 Å². The van der Waals surface area contributed by atoms with Crippen molar-refractivity contribution in [2.75, 3.05) is 5.75 Å². The van der Waals surface area contributed by atoms with Crippen molar-refractivity contribution in [1.82, 2.24) is 19.7 Å². The molecule has 2 heterocycles. The number of Topliss-reactive ketones (excluding diaryl/α,β-unsaturated/α-hetero) is 1. The van der Waals surface area contributed by atoms with E-state index in [2.05, 4.69) is 21.8 Å². The summed E-state index contributed by atoms with van der Waals surface area (Å²) in [5, 5.41) is 9.69. The molecule has 0 bridgehead atoms. The molecule has 0 aliphatic rings. The standard InChI is InChI=1S/C18H15ClN4OS/c1-2-11-23-17(15-5-3-4-10-20-15)21-22-18(23)25-12-16(24)13-6-8-14(19)9-7-13/h2-10H,1,11-12H2. The lowest BCUT2D eigenvalue weighted by Gasteiger charge is -2.07. The molecule has 0 unspecified atom stereocenters. The second-order valence-electron chi connectivity index (χ2n) is 5.14. The molecule has 126 valence electrons. The van der Waals surface area contributed by atoms with E-state index in [-0.39, 0.29) is 11.5 Å². The van der Waals surface area contributed by atoms with E-state index in [9.17, 15) is 4.79 Å². The normalized spacial score (nSPS) is 10.6. The molecule has 0 saturated heterocycles. The Hall–Kier alpha value is -2.44. The van der Waals surface area contributed by atoms with Crippen molar-refractivity contribution in [2.45, 2.75) is 11.7 Å². The van der Waals surface area contributed by atoms with Gasteiger partial charge in [-0.3, -0.25) is 14.3 Å². The Morgan fingerprint density at radius 1 is 1.20 bits per heavy atom. The van der Waals surface area contributed by atoms with Gasteiger partial charge in [0.1, 0.15) is 5.69 Å². The average molecular weight is 371 g/mol. The van der Waals surface area contributed by atoms with Crippen LogP contribution in [0.3, 0.4) is 0 Å². The molecule has 0 amide bonds. The van der Waals surface area contributed by atoms with Gasteiger partial charge < -0.3 is 0 Å². The van der Waals surface area contributed by atoms with Gasteiger partial charge >= 0.3 is 0 Å². The Balaban J connectivity index is 1.78. The van der Waals surface area contributed by atoms with Crippen molar-refractivity contribution in [3.05, 3.63) is 71.9 Å². The Labute approximate surface area is 154 Å². The zero-order valence-electron chi connectivity index (χ0n) is 13.3. The quantitative estimate of drug-likeness (QED) is 0.355. The summed E-state index contributed by atoms with van der Waals surface area (Å²) in [7, 11) is 0. The predicted octanol–water partition coefficient (Wildman–Crippen LogP) is 4.15. The van der Waals surface area contributed by atoms with Gasteiger partial charge in [-0.05, 0) is 36.4 Å². The number of allylic oxidation sites excluding steroid dienone is 1. The largest absolute Gasteiger partial charge is 0.297 e. The first-order valence-electron chi connectivity index (χ1n) is 7.56. The highest BCUT2D eigenvalue weighted by Gasteiger charge is 2.16. The van der Waals surface area contributed by atoms with Gasteiger partial charge in [-0.2, -0.15) is 0 Å². The minimum Gasteiger partial charge on any atom is -0.297 e. The SMILES string of the molecule is C=CCn1c(SCC(=O)c2ccc(Cl)cc2)nnc1-c1ccccn1. The Bertz CT molecular complexity index is 878. The fraction of sp³-hybridized carbons (Fsp3) is 0.111. The average Bonchev–Trinajstić information content (AvgIpc) is 3.04. The summed E-state index contributed by atoms with van der Waals surface area (Å²) < 4.78 is 1.90. The molecule has 3 rings (SSSR count). The molecule has 0 fully saturated rings. The molecule has 0 aliphatic carbocycles. The second kappa shape index (κ2) is 8.09. The first-order chi connectivity index (χ1) is 12.2. The first-order valence-corrected chi connectivity index (χ1v) is 8.92. The Morgan fingerprint density at radius 2 is 2.00 bits per heavy atom. The van der Waals surface area contributed by atoms with E-state index in [1.807, 2.05) is 22.8 Å². The fourth-order valence-corrected chi connectivity index (χ4v) is 3.19. The number of nitrogens with zero attached hydrogens (tertiary/aromatic N) is 4. The molecule has 25 heavy (non-hydrogen) atoms. The fourth-order valence-electron chi connectivity index (χ4n) is 2.22. The number of hydrogen-bond acceptors (Lipinski definition) is 5. The number of benzene rings is 1. The van der Waals surface area contributed by atoms with E-state index < -0.39 is 0 Å². The summed E-state index contributed by atoms with van der Waals surface area (Å²) in [6.45, 7) is 4.32. The summed E-state index contributed by atoms with van der Waals surface area (Å²) in [5.41, 5.74) is 1.35. The number of carbonyl (C=O) groups is 1. The number of thioether (sulfide) groups is 1. The number of hydrogen-bond donors (Lipinski definition) is 0. The highest BCUT2D eigenvalue weighted by molar-refractivity contribution is 7.99. The van der Waals surface area contributed by atoms with Crippen LogP contribution in [0.15, 0.2) is 66.5 Å².